The van der Waals surface area contributed by atoms with Gasteiger partial charge < -0.3 is 20.6 Å². The Kier molecular flexibility index (Phi) is 43.6. The van der Waals surface area contributed by atoms with Crippen molar-refractivity contribution in [1.29, 1.82) is 0 Å². The molecule has 0 aliphatic carbocycles. The predicted octanol–water partition coefficient (Wildman–Crippen LogP) is 14.2. The van der Waals surface area contributed by atoms with Gasteiger partial charge in [-0.15, -0.1) is 0 Å². The maximum absolute atomic E-state index is 12.5. The highest BCUT2D eigenvalue weighted by Gasteiger charge is 2.22. The second-order valence-corrected chi connectivity index (χ2v) is 16.7. The molecule has 4 N–H and O–H groups in total. The minimum atomic E-state index is -1.10. The first-order chi connectivity index (χ1) is 26.6. The van der Waals surface area contributed by atoms with Gasteiger partial charge in [-0.3, -0.25) is 4.79 Å². The zero-order valence-electron chi connectivity index (χ0n) is 36.4. The molecule has 3 unspecified atom stereocenters. The van der Waals surface area contributed by atoms with Crippen LogP contribution in [0.4, 0.5) is 0 Å². The van der Waals surface area contributed by atoms with Crippen molar-refractivity contribution in [3.05, 3.63) is 24.3 Å². The standard InChI is InChI=1S/C49H95NO4/c1-3-5-7-9-11-13-15-17-19-20-21-22-23-24-25-26-27-28-30-31-33-35-37-39-41-43-47(52)46(45-51)50-49(54)48(53)44-42-40-38-36-34-32-29-18-16-14-12-10-8-6-4-2/h33,35,41,43,46-48,51-53H,3-32,34,36-40,42,44-45H2,1-2H3,(H,50,54)/b35-33+,43-41+. The fourth-order valence-electron chi connectivity index (χ4n) is 7.50. The van der Waals surface area contributed by atoms with Crippen LogP contribution in [0, 0.1) is 0 Å². The van der Waals surface area contributed by atoms with Gasteiger partial charge in [0.15, 0.2) is 0 Å². The molecule has 0 saturated carbocycles. The molecule has 0 fully saturated rings. The van der Waals surface area contributed by atoms with E-state index in [0.29, 0.717) is 6.42 Å². The molecule has 0 rings (SSSR count). The summed E-state index contributed by atoms with van der Waals surface area (Å²) in [6.45, 7) is 4.19. The van der Waals surface area contributed by atoms with Gasteiger partial charge in [-0.25, -0.2) is 0 Å². The van der Waals surface area contributed by atoms with Crippen LogP contribution in [-0.2, 0) is 4.79 Å². The van der Waals surface area contributed by atoms with Crippen LogP contribution in [0.3, 0.4) is 0 Å². The highest BCUT2D eigenvalue weighted by Crippen LogP contribution is 2.16. The number of aliphatic hydroxyl groups excluding tert-OH is 3. The van der Waals surface area contributed by atoms with Crippen LogP contribution >= 0.6 is 0 Å². The van der Waals surface area contributed by atoms with Crippen molar-refractivity contribution < 1.29 is 20.1 Å². The molecule has 5 nitrogen and oxygen atoms in total. The lowest BCUT2D eigenvalue weighted by molar-refractivity contribution is -0.131. The second kappa shape index (κ2) is 44.5. The van der Waals surface area contributed by atoms with Gasteiger partial charge in [0.25, 0.3) is 0 Å². The van der Waals surface area contributed by atoms with E-state index in [0.717, 1.165) is 38.5 Å². The van der Waals surface area contributed by atoms with Gasteiger partial charge in [-0.2, -0.15) is 0 Å². The molecule has 0 aromatic carbocycles. The van der Waals surface area contributed by atoms with Crippen LogP contribution in [0.25, 0.3) is 0 Å². The molecule has 0 aromatic heterocycles. The molecule has 0 spiro atoms. The summed E-state index contributed by atoms with van der Waals surface area (Å²) < 4.78 is 0. The monoisotopic (exact) mass is 762 g/mol. The van der Waals surface area contributed by atoms with Gasteiger partial charge in [-0.1, -0.05) is 250 Å². The summed E-state index contributed by atoms with van der Waals surface area (Å²) in [5.74, 6) is -0.510. The quantitative estimate of drug-likeness (QED) is 0.0368. The summed E-state index contributed by atoms with van der Waals surface area (Å²) in [5, 5.41) is 33.2. The summed E-state index contributed by atoms with van der Waals surface area (Å²) >= 11 is 0. The first kappa shape index (κ1) is 52.8. The number of aliphatic hydroxyl groups is 3. The van der Waals surface area contributed by atoms with Gasteiger partial charge in [0.05, 0.1) is 18.8 Å². The minimum absolute atomic E-state index is 0.373. The molecule has 0 radical (unpaired) electrons. The first-order valence-electron chi connectivity index (χ1n) is 24.2. The molecule has 0 aliphatic heterocycles. The number of allylic oxidation sites excluding steroid dienone is 3. The molecule has 5 heteroatoms. The third-order valence-corrected chi connectivity index (χ3v) is 11.3. The van der Waals surface area contributed by atoms with Crippen LogP contribution < -0.4 is 5.32 Å². The highest BCUT2D eigenvalue weighted by atomic mass is 16.3. The first-order valence-corrected chi connectivity index (χ1v) is 24.2. The molecule has 0 aliphatic rings. The molecular weight excluding hydrogens is 667 g/mol. The van der Waals surface area contributed by atoms with Crippen LogP contribution in [0.15, 0.2) is 24.3 Å². The Morgan fingerprint density at radius 3 is 1.13 bits per heavy atom. The topological polar surface area (TPSA) is 89.8 Å². The molecule has 1 amide bonds. The number of hydrogen-bond acceptors (Lipinski definition) is 4. The predicted molar refractivity (Wildman–Crippen MR) is 236 cm³/mol. The van der Waals surface area contributed by atoms with Crippen LogP contribution in [0.1, 0.15) is 258 Å². The smallest absolute Gasteiger partial charge is 0.249 e. The van der Waals surface area contributed by atoms with Gasteiger partial charge in [0.1, 0.15) is 6.10 Å². The maximum atomic E-state index is 12.5. The number of carbonyl (C=O) groups is 1. The minimum Gasteiger partial charge on any atom is -0.394 e. The summed E-state index contributed by atoms with van der Waals surface area (Å²) in [4.78, 5) is 12.5. The molecule has 3 atom stereocenters. The Hall–Kier alpha value is -1.17. The molecule has 54 heavy (non-hydrogen) atoms. The van der Waals surface area contributed by atoms with Crippen molar-refractivity contribution in [2.24, 2.45) is 0 Å². The van der Waals surface area contributed by atoms with Crippen LogP contribution in [-0.4, -0.2) is 46.1 Å². The number of hydrogen-bond donors (Lipinski definition) is 4. The van der Waals surface area contributed by atoms with Crippen LogP contribution in [0.5, 0.6) is 0 Å². The van der Waals surface area contributed by atoms with Crippen molar-refractivity contribution in [2.45, 2.75) is 276 Å². The number of amides is 1. The molecule has 0 heterocycles. The Labute approximate surface area is 337 Å². The number of nitrogens with one attached hydrogen (secondary N) is 1. The van der Waals surface area contributed by atoms with E-state index < -0.39 is 24.2 Å². The van der Waals surface area contributed by atoms with Gasteiger partial charge >= 0.3 is 0 Å². The van der Waals surface area contributed by atoms with Crippen molar-refractivity contribution >= 4 is 5.91 Å². The zero-order chi connectivity index (χ0) is 39.4. The van der Waals surface area contributed by atoms with Crippen molar-refractivity contribution in [1.82, 2.24) is 5.32 Å². The van der Waals surface area contributed by atoms with Crippen molar-refractivity contribution in [3.63, 3.8) is 0 Å². The fraction of sp³-hybridized carbons (Fsp3) is 0.898. The lowest BCUT2D eigenvalue weighted by Crippen LogP contribution is -2.48. The summed E-state index contributed by atoms with van der Waals surface area (Å²) in [6, 6.07) is -0.811. The number of carbonyl (C=O) groups excluding carboxylic acids is 1. The van der Waals surface area contributed by atoms with E-state index in [4.69, 9.17) is 0 Å². The van der Waals surface area contributed by atoms with E-state index in [-0.39, 0.29) is 6.61 Å². The fourth-order valence-corrected chi connectivity index (χ4v) is 7.50. The Morgan fingerprint density at radius 1 is 0.444 bits per heavy atom. The summed E-state index contributed by atoms with van der Waals surface area (Å²) in [5.41, 5.74) is 0. The zero-order valence-corrected chi connectivity index (χ0v) is 36.4. The van der Waals surface area contributed by atoms with Crippen molar-refractivity contribution in [3.8, 4) is 0 Å². The van der Waals surface area contributed by atoms with E-state index in [2.05, 4.69) is 31.3 Å². The van der Waals surface area contributed by atoms with Gasteiger partial charge in [0.2, 0.25) is 5.91 Å². The normalized spacial score (nSPS) is 13.6. The average Bonchev–Trinajstić information content (AvgIpc) is 3.18. The highest BCUT2D eigenvalue weighted by molar-refractivity contribution is 5.80. The van der Waals surface area contributed by atoms with Gasteiger partial charge in [-0.05, 0) is 32.1 Å². The molecule has 0 saturated heterocycles. The summed E-state index contributed by atoms with van der Waals surface area (Å²) in [6.07, 6.45) is 55.2. The van der Waals surface area contributed by atoms with E-state index >= 15 is 0 Å². The third kappa shape index (κ3) is 39.1. The molecule has 0 bridgehead atoms. The van der Waals surface area contributed by atoms with E-state index in [1.54, 1.807) is 6.08 Å². The van der Waals surface area contributed by atoms with E-state index in [1.807, 2.05) is 6.08 Å². The SMILES string of the molecule is CCCCCCCCCCCCCCCCCCCCC/C=C/CC/C=C/C(O)C(CO)NC(=O)C(O)CCCCCCCCCCCCCCCCC. The lowest BCUT2D eigenvalue weighted by atomic mass is 10.0. The second-order valence-electron chi connectivity index (χ2n) is 16.7. The van der Waals surface area contributed by atoms with E-state index in [1.165, 1.54) is 199 Å². The largest absolute Gasteiger partial charge is 0.394 e. The Bertz CT molecular complexity index is 799. The average molecular weight is 762 g/mol. The third-order valence-electron chi connectivity index (χ3n) is 11.3. The molecule has 320 valence electrons. The molecular formula is C49H95NO4. The number of rotatable bonds is 44. The Balaban J connectivity index is 3.64. The lowest BCUT2D eigenvalue weighted by Gasteiger charge is -2.21. The maximum Gasteiger partial charge on any atom is 0.249 e. The number of unbranched alkanes of at least 4 members (excludes halogenated alkanes) is 34. The van der Waals surface area contributed by atoms with E-state index in [9.17, 15) is 20.1 Å². The van der Waals surface area contributed by atoms with Crippen LogP contribution in [0.2, 0.25) is 0 Å². The van der Waals surface area contributed by atoms with Gasteiger partial charge in [0, 0.05) is 0 Å². The van der Waals surface area contributed by atoms with Crippen molar-refractivity contribution in [2.75, 3.05) is 6.61 Å². The Morgan fingerprint density at radius 2 is 0.759 bits per heavy atom. The molecule has 0 aromatic rings. The summed E-state index contributed by atoms with van der Waals surface area (Å²) in [7, 11) is 0.